The van der Waals surface area contributed by atoms with Crippen LogP contribution in [0.5, 0.6) is 0 Å². The Hall–Kier alpha value is -1.51. The lowest BCUT2D eigenvalue weighted by Gasteiger charge is -2.09. The summed E-state index contributed by atoms with van der Waals surface area (Å²) in [6, 6.07) is 6.80. The van der Waals surface area contributed by atoms with E-state index in [1.165, 1.54) is 30.5 Å². The molecule has 0 aliphatic carbocycles. The Balaban J connectivity index is 2.25. The molecular weight excluding hydrogens is 361 g/mol. The predicted octanol–water partition coefficient (Wildman–Crippen LogP) is 2.50. The van der Waals surface area contributed by atoms with Gasteiger partial charge in [0.25, 0.3) is 10.0 Å². The Bertz CT molecular complexity index is 736. The van der Waals surface area contributed by atoms with Crippen LogP contribution < -0.4 is 10.0 Å². The average Bonchev–Trinajstić information content (AvgIpc) is 2.43. The van der Waals surface area contributed by atoms with E-state index >= 15 is 0 Å². The molecular formula is C13H13BrFN3O2S. The average molecular weight is 374 g/mol. The molecule has 0 fully saturated rings. The van der Waals surface area contributed by atoms with Crippen molar-refractivity contribution in [3.8, 4) is 0 Å². The summed E-state index contributed by atoms with van der Waals surface area (Å²) in [7, 11) is -2.02. The minimum absolute atomic E-state index is 0.0985. The summed E-state index contributed by atoms with van der Waals surface area (Å²) in [5, 5.41) is 2.85. The highest BCUT2D eigenvalue weighted by Crippen LogP contribution is 2.25. The van der Waals surface area contributed by atoms with Gasteiger partial charge in [0.2, 0.25) is 0 Å². The van der Waals surface area contributed by atoms with Gasteiger partial charge in [-0.15, -0.1) is 0 Å². The van der Waals surface area contributed by atoms with Crippen LogP contribution in [0.4, 0.5) is 10.1 Å². The normalized spacial score (nSPS) is 11.4. The summed E-state index contributed by atoms with van der Waals surface area (Å²) in [6.45, 7) is 0.601. The molecule has 0 unspecified atom stereocenters. The SMILES string of the molecule is CNCc1ccc(S(=O)(=O)Nc2ccc(F)cc2Br)nc1. The first-order valence-electron chi connectivity index (χ1n) is 6.00. The third-order valence-corrected chi connectivity index (χ3v) is 4.57. The number of aromatic nitrogens is 1. The van der Waals surface area contributed by atoms with Crippen molar-refractivity contribution in [1.29, 1.82) is 0 Å². The molecule has 21 heavy (non-hydrogen) atoms. The van der Waals surface area contributed by atoms with E-state index in [0.29, 0.717) is 11.0 Å². The number of hydrogen-bond acceptors (Lipinski definition) is 4. The molecule has 8 heteroatoms. The Morgan fingerprint density at radius 3 is 2.62 bits per heavy atom. The largest absolute Gasteiger partial charge is 0.316 e. The Labute approximate surface area is 130 Å². The van der Waals surface area contributed by atoms with Crippen molar-refractivity contribution in [3.05, 3.63) is 52.4 Å². The first-order chi connectivity index (χ1) is 9.92. The van der Waals surface area contributed by atoms with E-state index in [1.807, 2.05) is 0 Å². The second-order valence-corrected chi connectivity index (χ2v) is 6.75. The van der Waals surface area contributed by atoms with E-state index < -0.39 is 15.8 Å². The van der Waals surface area contributed by atoms with Crippen molar-refractivity contribution in [1.82, 2.24) is 10.3 Å². The Morgan fingerprint density at radius 1 is 1.29 bits per heavy atom. The van der Waals surface area contributed by atoms with Crippen LogP contribution in [0.2, 0.25) is 0 Å². The van der Waals surface area contributed by atoms with E-state index in [4.69, 9.17) is 0 Å². The van der Waals surface area contributed by atoms with Crippen molar-refractivity contribution in [2.24, 2.45) is 0 Å². The topological polar surface area (TPSA) is 71.1 Å². The molecule has 0 saturated heterocycles. The van der Waals surface area contributed by atoms with Crippen LogP contribution in [0.25, 0.3) is 0 Å². The van der Waals surface area contributed by atoms with Gasteiger partial charge in [-0.05, 0) is 52.8 Å². The molecule has 2 aromatic rings. The summed E-state index contributed by atoms with van der Waals surface area (Å²) in [4.78, 5) is 3.93. The van der Waals surface area contributed by atoms with Crippen LogP contribution in [-0.4, -0.2) is 20.4 Å². The van der Waals surface area contributed by atoms with Gasteiger partial charge in [0.1, 0.15) is 5.82 Å². The first-order valence-corrected chi connectivity index (χ1v) is 8.27. The molecule has 0 bridgehead atoms. The number of nitrogens with zero attached hydrogens (tertiary/aromatic N) is 1. The maximum absolute atomic E-state index is 13.0. The van der Waals surface area contributed by atoms with Gasteiger partial charge in [-0.3, -0.25) is 4.72 Å². The first kappa shape index (κ1) is 15.9. The molecule has 0 radical (unpaired) electrons. The lowest BCUT2D eigenvalue weighted by atomic mass is 10.3. The highest BCUT2D eigenvalue weighted by Gasteiger charge is 2.17. The quantitative estimate of drug-likeness (QED) is 0.844. The van der Waals surface area contributed by atoms with Crippen LogP contribution in [0, 0.1) is 5.82 Å². The van der Waals surface area contributed by atoms with Crippen molar-refractivity contribution < 1.29 is 12.8 Å². The standard InChI is InChI=1S/C13H13BrFN3O2S/c1-16-7-9-2-5-13(17-8-9)21(19,20)18-12-4-3-10(15)6-11(12)14/h2-6,8,16,18H,7H2,1H3. The molecule has 1 aromatic heterocycles. The maximum Gasteiger partial charge on any atom is 0.279 e. The van der Waals surface area contributed by atoms with Gasteiger partial charge in [-0.25, -0.2) is 9.37 Å². The molecule has 2 rings (SSSR count). The molecule has 0 atom stereocenters. The van der Waals surface area contributed by atoms with Gasteiger partial charge in [0.05, 0.1) is 5.69 Å². The van der Waals surface area contributed by atoms with Crippen LogP contribution in [0.1, 0.15) is 5.56 Å². The molecule has 0 aliphatic heterocycles. The third kappa shape index (κ3) is 3.99. The Morgan fingerprint density at radius 2 is 2.05 bits per heavy atom. The molecule has 0 spiro atoms. The number of anilines is 1. The summed E-state index contributed by atoms with van der Waals surface area (Å²) in [5.74, 6) is -0.459. The second kappa shape index (κ2) is 6.50. The van der Waals surface area contributed by atoms with E-state index in [2.05, 4.69) is 31.0 Å². The summed E-state index contributed by atoms with van der Waals surface area (Å²) >= 11 is 3.11. The monoisotopic (exact) mass is 373 g/mol. The zero-order chi connectivity index (χ0) is 15.5. The van der Waals surface area contributed by atoms with Gasteiger partial charge in [0, 0.05) is 17.2 Å². The molecule has 1 aromatic carbocycles. The molecule has 5 nitrogen and oxygen atoms in total. The Kier molecular flexibility index (Phi) is 4.92. The predicted molar refractivity (Wildman–Crippen MR) is 81.9 cm³/mol. The van der Waals surface area contributed by atoms with E-state index in [1.54, 1.807) is 13.1 Å². The number of nitrogens with one attached hydrogen (secondary N) is 2. The summed E-state index contributed by atoms with van der Waals surface area (Å²) in [6.07, 6.45) is 1.49. The fourth-order valence-electron chi connectivity index (χ4n) is 1.65. The van der Waals surface area contributed by atoms with E-state index in [9.17, 15) is 12.8 Å². The number of sulfonamides is 1. The van der Waals surface area contributed by atoms with E-state index in [-0.39, 0.29) is 10.7 Å². The summed E-state index contributed by atoms with van der Waals surface area (Å²) < 4.78 is 40.1. The minimum Gasteiger partial charge on any atom is -0.316 e. The highest BCUT2D eigenvalue weighted by atomic mass is 79.9. The van der Waals surface area contributed by atoms with Gasteiger partial charge >= 0.3 is 0 Å². The lowest BCUT2D eigenvalue weighted by molar-refractivity contribution is 0.597. The van der Waals surface area contributed by atoms with Crippen molar-refractivity contribution in [2.75, 3.05) is 11.8 Å². The molecule has 1 heterocycles. The molecule has 2 N–H and O–H groups in total. The number of benzene rings is 1. The van der Waals surface area contributed by atoms with Gasteiger partial charge in [-0.2, -0.15) is 8.42 Å². The number of rotatable bonds is 5. The van der Waals surface area contributed by atoms with Crippen LogP contribution in [0.3, 0.4) is 0 Å². The molecule has 0 aliphatic rings. The lowest BCUT2D eigenvalue weighted by Crippen LogP contribution is -2.15. The fraction of sp³-hybridized carbons (Fsp3) is 0.154. The van der Waals surface area contributed by atoms with Crippen molar-refractivity contribution in [2.45, 2.75) is 11.6 Å². The zero-order valence-electron chi connectivity index (χ0n) is 11.1. The van der Waals surface area contributed by atoms with Gasteiger partial charge in [-0.1, -0.05) is 6.07 Å². The fourth-order valence-corrected chi connectivity index (χ4v) is 3.24. The number of hydrogen-bond donors (Lipinski definition) is 2. The second-order valence-electron chi connectivity index (χ2n) is 4.26. The van der Waals surface area contributed by atoms with Crippen molar-refractivity contribution >= 4 is 31.6 Å². The van der Waals surface area contributed by atoms with Crippen LogP contribution in [0.15, 0.2) is 46.0 Å². The van der Waals surface area contributed by atoms with Crippen molar-refractivity contribution in [3.63, 3.8) is 0 Å². The van der Waals surface area contributed by atoms with Gasteiger partial charge < -0.3 is 5.32 Å². The smallest absolute Gasteiger partial charge is 0.279 e. The molecule has 112 valence electrons. The van der Waals surface area contributed by atoms with Crippen LogP contribution >= 0.6 is 15.9 Å². The highest BCUT2D eigenvalue weighted by molar-refractivity contribution is 9.10. The minimum atomic E-state index is -3.81. The van der Waals surface area contributed by atoms with E-state index in [0.717, 1.165) is 5.56 Å². The molecule has 0 amide bonds. The summed E-state index contributed by atoms with van der Waals surface area (Å²) in [5.41, 5.74) is 1.12. The van der Waals surface area contributed by atoms with Gasteiger partial charge in [0.15, 0.2) is 5.03 Å². The molecule has 0 saturated carbocycles. The maximum atomic E-state index is 13.0. The number of halogens is 2. The third-order valence-electron chi connectivity index (χ3n) is 2.63. The van der Waals surface area contributed by atoms with Crippen LogP contribution in [-0.2, 0) is 16.6 Å². The number of pyridine rings is 1. The zero-order valence-corrected chi connectivity index (χ0v) is 13.5.